The summed E-state index contributed by atoms with van der Waals surface area (Å²) in [5, 5.41) is 0. The Balaban J connectivity index is 2.49. The molecule has 0 fully saturated rings. The summed E-state index contributed by atoms with van der Waals surface area (Å²) in [5.41, 5.74) is -4.44. The fourth-order valence-electron chi connectivity index (χ4n) is 2.20. The van der Waals surface area contributed by atoms with Crippen LogP contribution in [0, 0.1) is 53.0 Å². The Morgan fingerprint density at radius 1 is 0.381 bits per heavy atom. The zero-order chi connectivity index (χ0) is 15.6. The van der Waals surface area contributed by atoms with Crippen molar-refractivity contribution in [2.24, 2.45) is 0 Å². The van der Waals surface area contributed by atoms with Gasteiger partial charge in [-0.2, -0.15) is 0 Å². The van der Waals surface area contributed by atoms with Crippen LogP contribution >= 0.6 is 0 Å². The van der Waals surface area contributed by atoms with E-state index < -0.39 is 68.8 Å². The minimum absolute atomic E-state index is 0.381. The van der Waals surface area contributed by atoms with Crippen molar-refractivity contribution < 1.29 is 35.1 Å². The number of benzene rings is 2. The van der Waals surface area contributed by atoms with Crippen LogP contribution in [0.25, 0.3) is 11.1 Å². The first-order valence-electron chi connectivity index (χ1n) is 5.34. The lowest BCUT2D eigenvalue weighted by Gasteiger charge is -2.08. The van der Waals surface area contributed by atoms with E-state index in [4.69, 9.17) is 0 Å². The van der Waals surface area contributed by atoms with Gasteiger partial charge in [-0.3, -0.25) is 0 Å². The Hall–Kier alpha value is -2.12. The molecule has 0 atom stereocenters. The lowest BCUT2D eigenvalue weighted by Crippen LogP contribution is -2.03. The summed E-state index contributed by atoms with van der Waals surface area (Å²) in [6.07, 6.45) is 0.381. The standard InChI is InChI=1S/C13HF8/c14-6-2-1-3-5(4(2)8(16)12(20)10(6)18)9(17)13(21)11(19)7(3)15/h1H. The monoisotopic (exact) mass is 309 g/mol. The van der Waals surface area contributed by atoms with Crippen LogP contribution < -0.4 is 0 Å². The van der Waals surface area contributed by atoms with Gasteiger partial charge in [-0.05, 0) is 0 Å². The van der Waals surface area contributed by atoms with Gasteiger partial charge in [0, 0.05) is 28.7 Å². The molecule has 0 aromatic heterocycles. The van der Waals surface area contributed by atoms with E-state index in [1.54, 1.807) is 0 Å². The molecular formula is C13HF8. The fraction of sp³-hybridized carbons (Fsp3) is 0. The minimum Gasteiger partial charge on any atom is -0.203 e. The van der Waals surface area contributed by atoms with Crippen LogP contribution in [0.4, 0.5) is 35.1 Å². The molecule has 2 aromatic rings. The molecule has 0 aliphatic heterocycles. The highest BCUT2D eigenvalue weighted by Gasteiger charge is 2.38. The van der Waals surface area contributed by atoms with Gasteiger partial charge < -0.3 is 0 Å². The van der Waals surface area contributed by atoms with Crippen molar-refractivity contribution in [1.29, 1.82) is 0 Å². The zero-order valence-corrected chi connectivity index (χ0v) is 9.60. The molecule has 0 saturated heterocycles. The number of hydrogen-bond acceptors (Lipinski definition) is 0. The quantitative estimate of drug-likeness (QED) is 0.328. The number of halogens is 8. The van der Waals surface area contributed by atoms with Crippen molar-refractivity contribution in [3.63, 3.8) is 0 Å². The second-order valence-corrected chi connectivity index (χ2v) is 4.23. The van der Waals surface area contributed by atoms with E-state index in [0.29, 0.717) is 6.42 Å². The van der Waals surface area contributed by atoms with Gasteiger partial charge in [0.2, 0.25) is 0 Å². The Morgan fingerprint density at radius 2 is 0.667 bits per heavy atom. The fourth-order valence-corrected chi connectivity index (χ4v) is 2.20. The van der Waals surface area contributed by atoms with E-state index in [-0.39, 0.29) is 0 Å². The zero-order valence-electron chi connectivity index (χ0n) is 9.60. The molecule has 0 bridgehead atoms. The van der Waals surface area contributed by atoms with E-state index in [1.165, 1.54) is 0 Å². The highest BCUT2D eigenvalue weighted by Crippen LogP contribution is 2.46. The highest BCUT2D eigenvalue weighted by molar-refractivity contribution is 5.82. The third-order valence-electron chi connectivity index (χ3n) is 3.15. The summed E-state index contributed by atoms with van der Waals surface area (Å²) >= 11 is 0. The largest absolute Gasteiger partial charge is 0.203 e. The van der Waals surface area contributed by atoms with Crippen LogP contribution in [-0.2, 0) is 0 Å². The van der Waals surface area contributed by atoms with Crippen LogP contribution in [-0.4, -0.2) is 0 Å². The van der Waals surface area contributed by atoms with Gasteiger partial charge in [0.15, 0.2) is 46.5 Å². The molecule has 0 nitrogen and oxygen atoms in total. The van der Waals surface area contributed by atoms with Crippen molar-refractivity contribution in [2.75, 3.05) is 0 Å². The maximum atomic E-state index is 13.7. The molecule has 1 aliphatic rings. The van der Waals surface area contributed by atoms with Crippen LogP contribution in [0.1, 0.15) is 11.1 Å². The summed E-state index contributed by atoms with van der Waals surface area (Å²) in [6, 6.07) is 0. The lowest BCUT2D eigenvalue weighted by molar-refractivity contribution is 0.406. The first kappa shape index (κ1) is 13.8. The van der Waals surface area contributed by atoms with Crippen molar-refractivity contribution in [3.05, 3.63) is 64.1 Å². The van der Waals surface area contributed by atoms with Gasteiger partial charge in [0.25, 0.3) is 0 Å². The van der Waals surface area contributed by atoms with Crippen molar-refractivity contribution >= 4 is 0 Å². The molecule has 2 aromatic carbocycles. The van der Waals surface area contributed by atoms with E-state index >= 15 is 0 Å². The van der Waals surface area contributed by atoms with E-state index in [0.717, 1.165) is 0 Å². The topological polar surface area (TPSA) is 0 Å². The SMILES string of the molecule is Fc1c(F)c(F)c2c(c1F)[CH]c1c(F)c(F)c(F)c(F)c1-2. The Kier molecular flexibility index (Phi) is 2.76. The van der Waals surface area contributed by atoms with Gasteiger partial charge >= 0.3 is 0 Å². The molecule has 1 aliphatic carbocycles. The summed E-state index contributed by atoms with van der Waals surface area (Å²) in [5.74, 6) is -16.8. The van der Waals surface area contributed by atoms with Crippen LogP contribution in [0.5, 0.6) is 0 Å². The normalized spacial score (nSPS) is 12.6. The molecule has 109 valence electrons. The Bertz CT molecular complexity index is 742. The smallest absolute Gasteiger partial charge is 0.198 e. The number of hydrogen-bond donors (Lipinski definition) is 0. The predicted octanol–water partition coefficient (Wildman–Crippen LogP) is 4.38. The number of fused-ring (bicyclic) bond motifs is 3. The Morgan fingerprint density at radius 3 is 1.00 bits per heavy atom. The van der Waals surface area contributed by atoms with Crippen LogP contribution in [0.2, 0.25) is 0 Å². The summed E-state index contributed by atoms with van der Waals surface area (Å²) in [6.45, 7) is 0. The maximum Gasteiger partial charge on any atom is 0.198 e. The molecule has 0 unspecified atom stereocenters. The first-order chi connectivity index (χ1) is 9.77. The summed E-state index contributed by atoms with van der Waals surface area (Å²) in [4.78, 5) is 0. The molecule has 3 rings (SSSR count). The van der Waals surface area contributed by atoms with Crippen molar-refractivity contribution in [1.82, 2.24) is 0 Å². The molecule has 8 heteroatoms. The highest BCUT2D eigenvalue weighted by atomic mass is 19.2. The second-order valence-electron chi connectivity index (χ2n) is 4.23. The average Bonchev–Trinajstić information content (AvgIpc) is 2.87. The first-order valence-corrected chi connectivity index (χ1v) is 5.34. The molecule has 0 heterocycles. The van der Waals surface area contributed by atoms with E-state index in [9.17, 15) is 35.1 Å². The molecule has 0 amide bonds. The molecule has 21 heavy (non-hydrogen) atoms. The van der Waals surface area contributed by atoms with Crippen LogP contribution in [0.3, 0.4) is 0 Å². The maximum absolute atomic E-state index is 13.7. The summed E-state index contributed by atoms with van der Waals surface area (Å²) < 4.78 is 107. The summed E-state index contributed by atoms with van der Waals surface area (Å²) in [7, 11) is 0. The van der Waals surface area contributed by atoms with Gasteiger partial charge in [-0.15, -0.1) is 0 Å². The van der Waals surface area contributed by atoms with Gasteiger partial charge in [0.05, 0.1) is 0 Å². The van der Waals surface area contributed by atoms with Gasteiger partial charge in [-0.1, -0.05) is 0 Å². The van der Waals surface area contributed by atoms with Gasteiger partial charge in [-0.25, -0.2) is 35.1 Å². The molecular weight excluding hydrogens is 308 g/mol. The molecule has 1 radical (unpaired) electrons. The minimum atomic E-state index is -2.27. The second kappa shape index (κ2) is 4.19. The number of rotatable bonds is 0. The van der Waals surface area contributed by atoms with E-state index in [1.807, 2.05) is 0 Å². The van der Waals surface area contributed by atoms with Gasteiger partial charge in [0.1, 0.15) is 0 Å². The van der Waals surface area contributed by atoms with Crippen molar-refractivity contribution in [3.8, 4) is 11.1 Å². The molecule has 0 spiro atoms. The van der Waals surface area contributed by atoms with E-state index in [2.05, 4.69) is 0 Å². The lowest BCUT2D eigenvalue weighted by atomic mass is 10.0. The van der Waals surface area contributed by atoms with Crippen LogP contribution in [0.15, 0.2) is 0 Å². The average molecular weight is 309 g/mol. The molecule has 0 saturated carbocycles. The molecule has 0 N–H and O–H groups in total. The third-order valence-corrected chi connectivity index (χ3v) is 3.15. The third kappa shape index (κ3) is 1.55. The van der Waals surface area contributed by atoms with Crippen molar-refractivity contribution in [2.45, 2.75) is 0 Å². The predicted molar refractivity (Wildman–Crippen MR) is 54.0 cm³/mol. The Labute approximate surface area is 111 Å².